The Kier molecular flexibility index (Phi) is 6.87. The van der Waals surface area contributed by atoms with Crippen LogP contribution in [0.2, 0.25) is 0 Å². The number of nitrogens with zero attached hydrogens (tertiary/aromatic N) is 3. The molecule has 0 aliphatic rings. The molecule has 162 valence electrons. The van der Waals surface area contributed by atoms with Crippen LogP contribution in [0.3, 0.4) is 0 Å². The van der Waals surface area contributed by atoms with Crippen LogP contribution in [0.25, 0.3) is 17.1 Å². The van der Waals surface area contributed by atoms with E-state index in [4.69, 9.17) is 4.74 Å². The van der Waals surface area contributed by atoms with Crippen molar-refractivity contribution < 1.29 is 9.53 Å². The number of benzene rings is 3. The van der Waals surface area contributed by atoms with Gasteiger partial charge in [0.1, 0.15) is 5.75 Å². The number of aromatic nitrogens is 3. The predicted molar refractivity (Wildman–Crippen MR) is 128 cm³/mol. The van der Waals surface area contributed by atoms with Gasteiger partial charge in [0.2, 0.25) is 5.91 Å². The molecule has 0 bridgehead atoms. The van der Waals surface area contributed by atoms with E-state index >= 15 is 0 Å². The number of nitrogens with one attached hydrogen (secondary N) is 1. The van der Waals surface area contributed by atoms with E-state index in [0.29, 0.717) is 11.8 Å². The molecule has 1 atom stereocenters. The number of carbonyl (C=O) groups excluding carboxylic acids is 1. The average Bonchev–Trinajstić information content (AvgIpc) is 3.25. The molecule has 6 nitrogen and oxygen atoms in total. The van der Waals surface area contributed by atoms with E-state index in [1.165, 1.54) is 11.8 Å². The molecule has 0 spiro atoms. The van der Waals surface area contributed by atoms with E-state index in [-0.39, 0.29) is 11.2 Å². The maximum atomic E-state index is 12.8. The van der Waals surface area contributed by atoms with Crippen molar-refractivity contribution >= 4 is 23.4 Å². The van der Waals surface area contributed by atoms with Crippen LogP contribution in [-0.2, 0) is 4.79 Å². The highest BCUT2D eigenvalue weighted by Crippen LogP contribution is 2.30. The van der Waals surface area contributed by atoms with Gasteiger partial charge in [-0.25, -0.2) is 0 Å². The van der Waals surface area contributed by atoms with Crippen molar-refractivity contribution in [2.45, 2.75) is 24.3 Å². The molecule has 0 unspecified atom stereocenters. The molecule has 4 rings (SSSR count). The number of rotatable bonds is 8. The van der Waals surface area contributed by atoms with Crippen LogP contribution in [-0.4, -0.2) is 32.5 Å². The van der Waals surface area contributed by atoms with Gasteiger partial charge in [-0.2, -0.15) is 0 Å². The van der Waals surface area contributed by atoms with Crippen LogP contribution in [0.4, 0.5) is 5.69 Å². The lowest BCUT2D eigenvalue weighted by molar-refractivity contribution is -0.115. The molecule has 0 aliphatic heterocycles. The van der Waals surface area contributed by atoms with Crippen LogP contribution in [0.5, 0.6) is 5.75 Å². The Labute approximate surface area is 191 Å². The van der Waals surface area contributed by atoms with Crippen LogP contribution in [0.15, 0.2) is 90.1 Å². The Bertz CT molecular complexity index is 1160. The van der Waals surface area contributed by atoms with Gasteiger partial charge in [0.05, 0.1) is 11.9 Å². The zero-order valence-corrected chi connectivity index (χ0v) is 18.8. The van der Waals surface area contributed by atoms with Crippen LogP contribution in [0, 0.1) is 0 Å². The largest absolute Gasteiger partial charge is 0.494 e. The monoisotopic (exact) mass is 444 g/mol. The second kappa shape index (κ2) is 10.2. The fourth-order valence-electron chi connectivity index (χ4n) is 3.19. The smallest absolute Gasteiger partial charge is 0.237 e. The van der Waals surface area contributed by atoms with Gasteiger partial charge in [0, 0.05) is 16.9 Å². The third-order valence-electron chi connectivity index (χ3n) is 4.76. The van der Waals surface area contributed by atoms with Gasteiger partial charge in [0.25, 0.3) is 0 Å². The molecule has 7 heteroatoms. The number of para-hydroxylation sites is 1. The van der Waals surface area contributed by atoms with Gasteiger partial charge in [-0.05, 0) is 50.2 Å². The molecule has 0 radical (unpaired) electrons. The molecule has 1 heterocycles. The highest BCUT2D eigenvalue weighted by Gasteiger charge is 2.22. The summed E-state index contributed by atoms with van der Waals surface area (Å²) in [5.74, 6) is 1.40. The van der Waals surface area contributed by atoms with Gasteiger partial charge >= 0.3 is 0 Å². The van der Waals surface area contributed by atoms with E-state index < -0.39 is 0 Å². The van der Waals surface area contributed by atoms with Gasteiger partial charge in [-0.3, -0.25) is 9.36 Å². The fourth-order valence-corrected chi connectivity index (χ4v) is 4.05. The topological polar surface area (TPSA) is 69.0 Å². The number of carbonyl (C=O) groups is 1. The summed E-state index contributed by atoms with van der Waals surface area (Å²) in [6, 6.07) is 27.2. The van der Waals surface area contributed by atoms with Crippen molar-refractivity contribution in [2.75, 3.05) is 11.9 Å². The maximum absolute atomic E-state index is 12.8. The molecule has 0 saturated carbocycles. The first kappa shape index (κ1) is 21.6. The number of amides is 1. The second-order valence-corrected chi connectivity index (χ2v) is 8.36. The second-order valence-electron chi connectivity index (χ2n) is 7.05. The zero-order chi connectivity index (χ0) is 22.3. The zero-order valence-electron chi connectivity index (χ0n) is 17.9. The molecule has 0 aliphatic carbocycles. The van der Waals surface area contributed by atoms with Gasteiger partial charge in [-0.1, -0.05) is 60.3 Å². The number of hydrogen-bond donors (Lipinski definition) is 1. The Morgan fingerprint density at radius 3 is 2.28 bits per heavy atom. The third kappa shape index (κ3) is 5.00. The Hall–Kier alpha value is -3.58. The normalized spacial score (nSPS) is 11.7. The van der Waals surface area contributed by atoms with Crippen molar-refractivity contribution in [2.24, 2.45) is 0 Å². The van der Waals surface area contributed by atoms with Crippen molar-refractivity contribution in [3.63, 3.8) is 0 Å². The minimum atomic E-state index is -0.378. The number of thioether (sulfide) groups is 1. The van der Waals surface area contributed by atoms with Crippen molar-refractivity contribution in [3.05, 3.63) is 84.9 Å². The van der Waals surface area contributed by atoms with Crippen molar-refractivity contribution in [3.8, 4) is 22.8 Å². The highest BCUT2D eigenvalue weighted by atomic mass is 32.2. The summed E-state index contributed by atoms with van der Waals surface area (Å²) in [6.45, 7) is 4.40. The molecule has 0 saturated heterocycles. The summed E-state index contributed by atoms with van der Waals surface area (Å²) in [6.07, 6.45) is 0. The first-order chi connectivity index (χ1) is 15.7. The average molecular weight is 445 g/mol. The summed E-state index contributed by atoms with van der Waals surface area (Å²) in [7, 11) is 0. The van der Waals surface area contributed by atoms with Crippen LogP contribution >= 0.6 is 11.8 Å². The van der Waals surface area contributed by atoms with E-state index in [0.717, 1.165) is 28.5 Å². The summed E-state index contributed by atoms with van der Waals surface area (Å²) in [4.78, 5) is 12.8. The maximum Gasteiger partial charge on any atom is 0.237 e. The minimum Gasteiger partial charge on any atom is -0.494 e. The van der Waals surface area contributed by atoms with Gasteiger partial charge in [-0.15, -0.1) is 10.2 Å². The molecule has 1 aromatic heterocycles. The Balaban J connectivity index is 1.55. The first-order valence-corrected chi connectivity index (χ1v) is 11.3. The summed E-state index contributed by atoms with van der Waals surface area (Å²) >= 11 is 1.37. The van der Waals surface area contributed by atoms with Crippen LogP contribution < -0.4 is 10.1 Å². The molecule has 0 fully saturated rings. The van der Waals surface area contributed by atoms with E-state index in [1.54, 1.807) is 0 Å². The lowest BCUT2D eigenvalue weighted by Crippen LogP contribution is -2.22. The fraction of sp³-hybridized carbons (Fsp3) is 0.160. The number of anilines is 1. The van der Waals surface area contributed by atoms with E-state index in [9.17, 15) is 4.79 Å². The number of ether oxygens (including phenoxy) is 1. The lowest BCUT2D eigenvalue weighted by Gasteiger charge is -2.14. The van der Waals surface area contributed by atoms with Gasteiger partial charge in [0.15, 0.2) is 11.0 Å². The quantitative estimate of drug-likeness (QED) is 0.366. The molecular formula is C25H24N4O2S. The highest BCUT2D eigenvalue weighted by molar-refractivity contribution is 8.00. The van der Waals surface area contributed by atoms with E-state index in [1.807, 2.05) is 103 Å². The first-order valence-electron chi connectivity index (χ1n) is 10.4. The predicted octanol–water partition coefficient (Wildman–Crippen LogP) is 5.45. The van der Waals surface area contributed by atoms with Crippen molar-refractivity contribution in [1.82, 2.24) is 14.8 Å². The van der Waals surface area contributed by atoms with E-state index in [2.05, 4.69) is 15.5 Å². The SMILES string of the molecule is CCOc1ccc(NC(=O)[C@H](C)Sc2nnc(-c3ccccc3)n2-c2ccccc2)cc1. The molecule has 1 N–H and O–H groups in total. The molecular weight excluding hydrogens is 420 g/mol. The Morgan fingerprint density at radius 1 is 0.969 bits per heavy atom. The van der Waals surface area contributed by atoms with Crippen molar-refractivity contribution in [1.29, 1.82) is 0 Å². The lowest BCUT2D eigenvalue weighted by atomic mass is 10.2. The van der Waals surface area contributed by atoms with Crippen LogP contribution in [0.1, 0.15) is 13.8 Å². The summed E-state index contributed by atoms with van der Waals surface area (Å²) in [5.41, 5.74) is 2.63. The number of hydrogen-bond acceptors (Lipinski definition) is 5. The van der Waals surface area contributed by atoms with Gasteiger partial charge < -0.3 is 10.1 Å². The molecule has 4 aromatic rings. The third-order valence-corrected chi connectivity index (χ3v) is 5.81. The molecule has 1 amide bonds. The standard InChI is InChI=1S/C25H24N4O2S/c1-3-31-22-16-14-20(15-17-22)26-24(30)18(2)32-25-28-27-23(19-10-6-4-7-11-19)29(25)21-12-8-5-9-13-21/h4-18H,3H2,1-2H3,(H,26,30)/t18-/m0/s1. The molecule has 3 aromatic carbocycles. The minimum absolute atomic E-state index is 0.108. The summed E-state index contributed by atoms with van der Waals surface area (Å²) < 4.78 is 7.44. The Morgan fingerprint density at radius 2 is 1.62 bits per heavy atom. The molecule has 32 heavy (non-hydrogen) atoms. The summed E-state index contributed by atoms with van der Waals surface area (Å²) in [5, 5.41) is 12.1.